The fraction of sp³-hybridized carbons (Fsp3) is 0.517. The van der Waals surface area contributed by atoms with Crippen LogP contribution >= 0.6 is 0 Å². The van der Waals surface area contributed by atoms with Crippen LogP contribution in [-0.2, 0) is 17.8 Å². The molecular weight excluding hydrogens is 450 g/mol. The average Bonchev–Trinajstić information content (AvgIpc) is 3.65. The summed E-state index contributed by atoms with van der Waals surface area (Å²) in [4.78, 5) is 17.8. The van der Waals surface area contributed by atoms with E-state index in [2.05, 4.69) is 64.6 Å². The fourth-order valence-electron chi connectivity index (χ4n) is 6.11. The second kappa shape index (κ2) is 9.60. The lowest BCUT2D eigenvalue weighted by Crippen LogP contribution is -2.58. The molecule has 2 aliphatic carbocycles. The first kappa shape index (κ1) is 24.9. The Morgan fingerprint density at radius 3 is 2.17 bits per heavy atom. The van der Waals surface area contributed by atoms with Crippen LogP contribution in [0.5, 0.6) is 0 Å². The maximum atomic E-state index is 13.0. The average molecular weight is 488 g/mol. The van der Waals surface area contributed by atoms with Crippen molar-refractivity contribution in [1.29, 1.82) is 5.26 Å². The molecule has 2 aromatic carbocycles. The van der Waals surface area contributed by atoms with Gasteiger partial charge in [-0.05, 0) is 54.5 Å². The van der Waals surface area contributed by atoms with Crippen LogP contribution < -0.4 is 11.1 Å². The van der Waals surface area contributed by atoms with E-state index in [1.54, 1.807) is 6.92 Å². The van der Waals surface area contributed by atoms with Crippen molar-refractivity contribution < 1.29 is 9.90 Å². The van der Waals surface area contributed by atoms with Crippen molar-refractivity contribution in [1.82, 2.24) is 15.1 Å². The molecule has 5 unspecified atom stereocenters. The summed E-state index contributed by atoms with van der Waals surface area (Å²) in [5.74, 6) is -0.242. The summed E-state index contributed by atoms with van der Waals surface area (Å²) in [5, 5.41) is 23.0. The Morgan fingerprint density at radius 1 is 1.08 bits per heavy atom. The highest BCUT2D eigenvalue weighted by molar-refractivity contribution is 5.88. The number of rotatable bonds is 7. The molecule has 2 aromatic rings. The number of amides is 1. The third-order valence-electron chi connectivity index (χ3n) is 8.47. The van der Waals surface area contributed by atoms with E-state index >= 15 is 0 Å². The summed E-state index contributed by atoms with van der Waals surface area (Å²) in [6.45, 7) is 7.20. The van der Waals surface area contributed by atoms with Gasteiger partial charge in [0, 0.05) is 45.6 Å². The molecule has 3 fully saturated rings. The van der Waals surface area contributed by atoms with Gasteiger partial charge in [-0.3, -0.25) is 9.69 Å². The molecule has 0 aromatic heterocycles. The minimum absolute atomic E-state index is 0.000859. The zero-order chi connectivity index (χ0) is 25.5. The summed E-state index contributed by atoms with van der Waals surface area (Å²) in [6.07, 6.45) is 1.42. The lowest BCUT2D eigenvalue weighted by atomic mass is 9.88. The smallest absolute Gasteiger partial charge is 0.241 e. The number of fused-ring (bicyclic) bond motifs is 1. The zero-order valence-corrected chi connectivity index (χ0v) is 21.3. The quantitative estimate of drug-likeness (QED) is 0.553. The van der Waals surface area contributed by atoms with Gasteiger partial charge in [0.05, 0.1) is 11.7 Å². The highest BCUT2D eigenvalue weighted by Gasteiger charge is 2.68. The Bertz CT molecular complexity index is 1130. The van der Waals surface area contributed by atoms with Crippen LogP contribution in [0.25, 0.3) is 11.1 Å². The number of hydrogen-bond donors (Lipinski definition) is 3. The van der Waals surface area contributed by atoms with E-state index in [0.29, 0.717) is 6.42 Å². The van der Waals surface area contributed by atoms with Crippen molar-refractivity contribution in [2.45, 2.75) is 49.9 Å². The van der Waals surface area contributed by atoms with E-state index in [4.69, 9.17) is 5.73 Å². The maximum absolute atomic E-state index is 13.0. The SMILES string of the molecule is CN1CCN(Cc2ccc(-c3ccc(CC(C#N)NC(=O)C4(N)CC(C)(O)C5CC54)cc3)cc2)CC1. The van der Waals surface area contributed by atoms with Crippen LogP contribution in [0.2, 0.25) is 0 Å². The first-order valence-electron chi connectivity index (χ1n) is 13.0. The first-order chi connectivity index (χ1) is 17.2. The Labute approximate surface area is 213 Å². The fourth-order valence-corrected chi connectivity index (χ4v) is 6.11. The van der Waals surface area contributed by atoms with E-state index in [0.717, 1.165) is 55.8 Å². The maximum Gasteiger partial charge on any atom is 0.241 e. The molecule has 5 rings (SSSR count). The van der Waals surface area contributed by atoms with Gasteiger partial charge in [0.2, 0.25) is 5.91 Å². The summed E-state index contributed by atoms with van der Waals surface area (Å²) in [7, 11) is 2.17. The van der Waals surface area contributed by atoms with Crippen molar-refractivity contribution in [2.24, 2.45) is 17.6 Å². The summed E-state index contributed by atoms with van der Waals surface area (Å²) in [5.41, 5.74) is 9.01. The Kier molecular flexibility index (Phi) is 6.65. The van der Waals surface area contributed by atoms with Gasteiger partial charge in [0.1, 0.15) is 11.6 Å². The van der Waals surface area contributed by atoms with Crippen LogP contribution in [0.15, 0.2) is 48.5 Å². The van der Waals surface area contributed by atoms with Crippen molar-refractivity contribution in [3.05, 3.63) is 59.7 Å². The highest BCUT2D eigenvalue weighted by Crippen LogP contribution is 2.61. The Morgan fingerprint density at radius 2 is 1.67 bits per heavy atom. The number of benzene rings is 2. The molecule has 0 spiro atoms. The van der Waals surface area contributed by atoms with E-state index < -0.39 is 17.2 Å². The van der Waals surface area contributed by atoms with Gasteiger partial charge >= 0.3 is 0 Å². The largest absolute Gasteiger partial charge is 0.390 e. The van der Waals surface area contributed by atoms with Gasteiger partial charge in [-0.1, -0.05) is 48.5 Å². The van der Waals surface area contributed by atoms with Crippen LogP contribution in [0.3, 0.4) is 0 Å². The monoisotopic (exact) mass is 487 g/mol. The topological polar surface area (TPSA) is 106 Å². The summed E-state index contributed by atoms with van der Waals surface area (Å²) < 4.78 is 0. The normalized spacial score (nSPS) is 30.9. The predicted molar refractivity (Wildman–Crippen MR) is 140 cm³/mol. The van der Waals surface area contributed by atoms with Gasteiger partial charge in [0.15, 0.2) is 0 Å². The number of carbonyl (C=O) groups is 1. The van der Waals surface area contributed by atoms with Gasteiger partial charge in [-0.15, -0.1) is 0 Å². The molecule has 3 aliphatic rings. The Hall–Kier alpha value is -2.76. The lowest BCUT2D eigenvalue weighted by molar-refractivity contribution is -0.128. The number of nitrogens with two attached hydrogens (primary N) is 1. The molecule has 2 saturated carbocycles. The molecule has 1 aliphatic heterocycles. The van der Waals surface area contributed by atoms with Crippen LogP contribution in [0.1, 0.15) is 30.9 Å². The highest BCUT2D eigenvalue weighted by atomic mass is 16.3. The van der Waals surface area contributed by atoms with Gasteiger partial charge in [0.25, 0.3) is 0 Å². The Balaban J connectivity index is 1.17. The van der Waals surface area contributed by atoms with Gasteiger partial charge < -0.3 is 21.1 Å². The number of likely N-dealkylation sites (N-methyl/N-ethyl adjacent to an activating group) is 1. The second-order valence-electron chi connectivity index (χ2n) is 11.4. The number of nitrogens with one attached hydrogen (secondary N) is 1. The van der Waals surface area contributed by atoms with Gasteiger partial charge in [-0.2, -0.15) is 5.26 Å². The van der Waals surface area contributed by atoms with Crippen molar-refractivity contribution in [3.63, 3.8) is 0 Å². The standard InChI is InChI=1S/C29H37N5O2/c1-28(36)19-29(31,26-16-25(26)28)27(35)32-24(17-30)15-20-3-7-22(8-4-20)23-9-5-21(6-10-23)18-34-13-11-33(2)12-14-34/h3-10,24-26,36H,11-16,18-19,31H2,1-2H3,(H,32,35). The molecule has 7 heteroatoms. The molecule has 7 nitrogen and oxygen atoms in total. The third-order valence-corrected chi connectivity index (χ3v) is 8.47. The lowest BCUT2D eigenvalue weighted by Gasteiger charge is -2.32. The summed E-state index contributed by atoms with van der Waals surface area (Å²) in [6, 6.07) is 18.4. The predicted octanol–water partition coefficient (Wildman–Crippen LogP) is 2.14. The van der Waals surface area contributed by atoms with Crippen molar-refractivity contribution in [2.75, 3.05) is 33.2 Å². The van der Waals surface area contributed by atoms with Crippen LogP contribution in [0, 0.1) is 23.2 Å². The molecule has 0 radical (unpaired) electrons. The zero-order valence-electron chi connectivity index (χ0n) is 21.3. The molecule has 1 amide bonds. The molecule has 36 heavy (non-hydrogen) atoms. The number of nitrogens with zero attached hydrogens (tertiary/aromatic N) is 3. The van der Waals surface area contributed by atoms with E-state index in [1.807, 2.05) is 12.1 Å². The van der Waals surface area contributed by atoms with Crippen molar-refractivity contribution in [3.8, 4) is 17.2 Å². The minimum Gasteiger partial charge on any atom is -0.390 e. The molecule has 1 saturated heterocycles. The minimum atomic E-state index is -1.09. The molecular formula is C29H37N5O2. The van der Waals surface area contributed by atoms with E-state index in [9.17, 15) is 15.2 Å². The molecule has 1 heterocycles. The summed E-state index contributed by atoms with van der Waals surface area (Å²) >= 11 is 0. The molecule has 5 atom stereocenters. The van der Waals surface area contributed by atoms with E-state index in [-0.39, 0.29) is 24.2 Å². The number of nitriles is 1. The van der Waals surface area contributed by atoms with Crippen LogP contribution in [0.4, 0.5) is 0 Å². The second-order valence-corrected chi connectivity index (χ2v) is 11.4. The van der Waals surface area contributed by atoms with Gasteiger partial charge in [-0.25, -0.2) is 0 Å². The number of piperazine rings is 1. The van der Waals surface area contributed by atoms with Crippen LogP contribution in [-0.4, -0.2) is 71.2 Å². The first-order valence-corrected chi connectivity index (χ1v) is 13.0. The van der Waals surface area contributed by atoms with E-state index in [1.165, 1.54) is 5.56 Å². The molecule has 190 valence electrons. The molecule has 0 bridgehead atoms. The number of carbonyl (C=O) groups excluding carboxylic acids is 1. The number of hydrogen-bond acceptors (Lipinski definition) is 6. The molecule has 4 N–H and O–H groups in total. The number of aliphatic hydroxyl groups is 1. The third kappa shape index (κ3) is 5.05. The van der Waals surface area contributed by atoms with Crippen molar-refractivity contribution >= 4 is 5.91 Å².